The second-order valence-electron chi connectivity index (χ2n) is 6.87. The summed E-state index contributed by atoms with van der Waals surface area (Å²) in [5.74, 6) is 0.589. The zero-order chi connectivity index (χ0) is 19.6. The van der Waals surface area contributed by atoms with Gasteiger partial charge >= 0.3 is 16.8 Å². The predicted octanol–water partition coefficient (Wildman–Crippen LogP) is 2.25. The zero-order valence-corrected chi connectivity index (χ0v) is 17.5. The number of para-hydroxylation sites is 2. The molecule has 1 radical (unpaired) electrons. The van der Waals surface area contributed by atoms with Gasteiger partial charge in [-0.3, -0.25) is 19.8 Å². The molecule has 29 heavy (non-hydrogen) atoms. The van der Waals surface area contributed by atoms with Gasteiger partial charge in [0, 0.05) is 62.8 Å². The average molecular weight is 439 g/mol. The SMILES string of the molecule is Oc1ccccc1C=NCCN1CC1.Oc1ccccc1C=NCCN1CC1.[Co+2]. The minimum absolute atomic E-state index is 0. The minimum Gasteiger partial charge on any atom is -0.507 e. The van der Waals surface area contributed by atoms with Crippen molar-refractivity contribution in [1.82, 2.24) is 9.80 Å². The molecule has 155 valence electrons. The molecule has 2 heterocycles. The summed E-state index contributed by atoms with van der Waals surface area (Å²) in [4.78, 5) is 13.2. The zero-order valence-electron chi connectivity index (χ0n) is 16.4. The third-order valence-corrected chi connectivity index (χ3v) is 4.50. The molecule has 2 aliphatic heterocycles. The molecule has 0 atom stereocenters. The van der Waals surface area contributed by atoms with Crippen molar-refractivity contribution in [1.29, 1.82) is 0 Å². The van der Waals surface area contributed by atoms with Crippen molar-refractivity contribution < 1.29 is 27.0 Å². The fourth-order valence-corrected chi connectivity index (χ4v) is 2.51. The van der Waals surface area contributed by atoms with Gasteiger partial charge in [0.25, 0.3) is 0 Å². The molecular weight excluding hydrogens is 411 g/mol. The van der Waals surface area contributed by atoms with E-state index < -0.39 is 0 Å². The Labute approximate surface area is 182 Å². The quantitative estimate of drug-likeness (QED) is 0.489. The summed E-state index contributed by atoms with van der Waals surface area (Å²) in [6.45, 7) is 8.55. The standard InChI is InChI=1S/2C11H14N2O.Co/c2*14-11-4-2-1-3-10(11)9-12-5-6-13-7-8-13;/h2*1-4,9,14H,5-8H2;/q;;+2. The molecular formula is C22H28CoN4O2+2. The second kappa shape index (κ2) is 12.4. The number of phenolic OH excluding ortho intramolecular Hbond substituents is 2. The average Bonchev–Trinajstić information content (AvgIpc) is 3.61. The molecule has 6 nitrogen and oxygen atoms in total. The van der Waals surface area contributed by atoms with Crippen molar-refractivity contribution in [3.05, 3.63) is 59.7 Å². The summed E-state index contributed by atoms with van der Waals surface area (Å²) >= 11 is 0. The summed E-state index contributed by atoms with van der Waals surface area (Å²) in [6, 6.07) is 14.5. The Morgan fingerprint density at radius 2 is 1.07 bits per heavy atom. The first-order valence-electron chi connectivity index (χ1n) is 9.73. The van der Waals surface area contributed by atoms with Gasteiger partial charge in [0.15, 0.2) is 0 Å². The van der Waals surface area contributed by atoms with Crippen molar-refractivity contribution in [2.75, 3.05) is 52.4 Å². The number of nitrogens with zero attached hydrogens (tertiary/aromatic N) is 4. The van der Waals surface area contributed by atoms with Crippen LogP contribution in [0, 0.1) is 0 Å². The molecule has 2 aliphatic rings. The van der Waals surface area contributed by atoms with Crippen LogP contribution in [0.4, 0.5) is 0 Å². The first-order valence-corrected chi connectivity index (χ1v) is 9.73. The summed E-state index contributed by atoms with van der Waals surface area (Å²) in [6.07, 6.45) is 3.47. The Bertz CT molecular complexity index is 737. The minimum atomic E-state index is 0. The molecule has 7 heteroatoms. The third-order valence-electron chi connectivity index (χ3n) is 4.50. The molecule has 0 amide bonds. The monoisotopic (exact) mass is 439 g/mol. The van der Waals surface area contributed by atoms with Crippen LogP contribution < -0.4 is 0 Å². The van der Waals surface area contributed by atoms with Crippen molar-refractivity contribution in [3.8, 4) is 11.5 Å². The summed E-state index contributed by atoms with van der Waals surface area (Å²) in [5.41, 5.74) is 1.58. The molecule has 4 rings (SSSR count). The first kappa shape index (κ1) is 23.1. The Hall–Kier alpha value is -2.19. The fraction of sp³-hybridized carbons (Fsp3) is 0.364. The maximum atomic E-state index is 9.43. The second-order valence-corrected chi connectivity index (χ2v) is 6.87. The summed E-state index contributed by atoms with van der Waals surface area (Å²) in [5, 5.41) is 18.9. The number of hydrogen-bond acceptors (Lipinski definition) is 6. The fourth-order valence-electron chi connectivity index (χ4n) is 2.51. The van der Waals surface area contributed by atoms with E-state index in [2.05, 4.69) is 19.8 Å². The van der Waals surface area contributed by atoms with Gasteiger partial charge in [-0.25, -0.2) is 0 Å². The molecule has 2 N–H and O–H groups in total. The third kappa shape index (κ3) is 9.23. The van der Waals surface area contributed by atoms with Crippen LogP contribution in [-0.2, 0) is 16.8 Å². The van der Waals surface area contributed by atoms with Crippen LogP contribution in [0.25, 0.3) is 0 Å². The van der Waals surface area contributed by atoms with Crippen LogP contribution in [0.2, 0.25) is 0 Å². The number of hydrogen-bond donors (Lipinski definition) is 2. The van der Waals surface area contributed by atoms with Gasteiger partial charge in [-0.1, -0.05) is 24.3 Å². The van der Waals surface area contributed by atoms with Gasteiger partial charge in [0.1, 0.15) is 11.5 Å². The first-order chi connectivity index (χ1) is 13.7. The molecule has 0 aliphatic carbocycles. The van der Waals surface area contributed by atoms with E-state index in [9.17, 15) is 10.2 Å². The molecule has 2 saturated heterocycles. The number of rotatable bonds is 8. The molecule has 2 aromatic carbocycles. The topological polar surface area (TPSA) is 71.2 Å². The summed E-state index contributed by atoms with van der Waals surface area (Å²) < 4.78 is 0. The van der Waals surface area contributed by atoms with E-state index in [1.54, 1.807) is 24.6 Å². The van der Waals surface area contributed by atoms with Crippen molar-refractivity contribution in [2.45, 2.75) is 0 Å². The molecule has 0 saturated carbocycles. The van der Waals surface area contributed by atoms with Crippen molar-refractivity contribution in [3.63, 3.8) is 0 Å². The number of phenols is 2. The Kier molecular flexibility index (Phi) is 9.86. The van der Waals surface area contributed by atoms with E-state index in [4.69, 9.17) is 0 Å². The van der Waals surface area contributed by atoms with Gasteiger partial charge in [0.05, 0.1) is 13.1 Å². The molecule has 0 spiro atoms. The Balaban J connectivity index is 0.000000200. The van der Waals surface area contributed by atoms with E-state index in [1.807, 2.05) is 36.4 Å². The van der Waals surface area contributed by atoms with Gasteiger partial charge < -0.3 is 10.2 Å². The van der Waals surface area contributed by atoms with Crippen LogP contribution in [0.5, 0.6) is 11.5 Å². The smallest absolute Gasteiger partial charge is 0.507 e. The van der Waals surface area contributed by atoms with Gasteiger partial charge in [-0.2, -0.15) is 0 Å². The van der Waals surface area contributed by atoms with Crippen LogP contribution in [0.1, 0.15) is 11.1 Å². The van der Waals surface area contributed by atoms with Crippen LogP contribution in [0.3, 0.4) is 0 Å². The van der Waals surface area contributed by atoms with E-state index in [0.29, 0.717) is 11.5 Å². The maximum Gasteiger partial charge on any atom is 2.00 e. The maximum absolute atomic E-state index is 9.43. The van der Waals surface area contributed by atoms with Crippen LogP contribution in [-0.4, -0.2) is 84.8 Å². The van der Waals surface area contributed by atoms with Crippen LogP contribution in [0.15, 0.2) is 58.5 Å². The molecule has 2 fully saturated rings. The van der Waals surface area contributed by atoms with E-state index in [-0.39, 0.29) is 16.8 Å². The predicted molar refractivity (Wildman–Crippen MR) is 114 cm³/mol. The molecule has 0 bridgehead atoms. The molecule has 0 unspecified atom stereocenters. The molecule has 0 aromatic heterocycles. The van der Waals surface area contributed by atoms with Crippen LogP contribution >= 0.6 is 0 Å². The van der Waals surface area contributed by atoms with E-state index in [0.717, 1.165) is 37.3 Å². The van der Waals surface area contributed by atoms with Gasteiger partial charge in [-0.05, 0) is 24.3 Å². The molecule has 2 aromatic rings. The largest absolute Gasteiger partial charge is 2.00 e. The van der Waals surface area contributed by atoms with Gasteiger partial charge in [0.2, 0.25) is 0 Å². The van der Waals surface area contributed by atoms with Crippen molar-refractivity contribution in [2.24, 2.45) is 9.98 Å². The number of aliphatic imine (C=N–C) groups is 2. The number of aromatic hydroxyl groups is 2. The van der Waals surface area contributed by atoms with E-state index in [1.165, 1.54) is 26.2 Å². The van der Waals surface area contributed by atoms with E-state index >= 15 is 0 Å². The number of benzene rings is 2. The summed E-state index contributed by atoms with van der Waals surface area (Å²) in [7, 11) is 0. The van der Waals surface area contributed by atoms with Gasteiger partial charge in [-0.15, -0.1) is 0 Å². The Morgan fingerprint density at radius 1 is 0.690 bits per heavy atom. The normalized spacial score (nSPS) is 15.7. The van der Waals surface area contributed by atoms with Crippen molar-refractivity contribution >= 4 is 12.4 Å². The Morgan fingerprint density at radius 3 is 1.41 bits per heavy atom.